The van der Waals surface area contributed by atoms with Gasteiger partial charge in [-0.3, -0.25) is 4.68 Å². The molecule has 6 heteroatoms. The van der Waals surface area contributed by atoms with Crippen LogP contribution in [-0.4, -0.2) is 16.4 Å². The zero-order valence-corrected chi connectivity index (χ0v) is 11.4. The lowest BCUT2D eigenvalue weighted by Gasteiger charge is -2.07. The molecule has 1 heterocycles. The Morgan fingerprint density at radius 1 is 1.30 bits per heavy atom. The van der Waals surface area contributed by atoms with Gasteiger partial charge in [-0.2, -0.15) is 13.9 Å². The summed E-state index contributed by atoms with van der Waals surface area (Å²) in [6.45, 7) is -0.756. The van der Waals surface area contributed by atoms with E-state index in [-0.39, 0.29) is 5.75 Å². The van der Waals surface area contributed by atoms with Crippen molar-refractivity contribution in [1.82, 2.24) is 9.78 Å². The van der Waals surface area contributed by atoms with E-state index in [1.54, 1.807) is 23.9 Å². The molecule has 0 aliphatic carbocycles. The number of halogens is 2. The summed E-state index contributed by atoms with van der Waals surface area (Å²) in [5.74, 6) is 0.694. The zero-order valence-electron chi connectivity index (χ0n) is 11.4. The first-order chi connectivity index (χ1) is 9.52. The van der Waals surface area contributed by atoms with E-state index in [9.17, 15) is 8.78 Å². The van der Waals surface area contributed by atoms with Gasteiger partial charge in [-0.1, -0.05) is 25.5 Å². The van der Waals surface area contributed by atoms with Gasteiger partial charge >= 0.3 is 6.61 Å². The number of nitrogens with zero attached hydrogens (tertiary/aromatic N) is 2. The minimum absolute atomic E-state index is 0.128. The summed E-state index contributed by atoms with van der Waals surface area (Å²) in [5, 5.41) is 4.39. The first-order valence-corrected chi connectivity index (χ1v) is 6.39. The third kappa shape index (κ3) is 2.89. The highest BCUT2D eigenvalue weighted by molar-refractivity contribution is 5.77. The minimum atomic E-state index is -2.82. The second kappa shape index (κ2) is 5.90. The smallest absolute Gasteiger partial charge is 0.387 e. The van der Waals surface area contributed by atoms with Gasteiger partial charge in [0.25, 0.3) is 0 Å². The van der Waals surface area contributed by atoms with Gasteiger partial charge < -0.3 is 10.5 Å². The lowest BCUT2D eigenvalue weighted by molar-refractivity contribution is -0.0498. The summed E-state index contributed by atoms with van der Waals surface area (Å²) < 4.78 is 30.2. The summed E-state index contributed by atoms with van der Waals surface area (Å²) >= 11 is 0. The molecule has 0 radical (unpaired) electrons. The largest absolute Gasteiger partial charge is 0.435 e. The molecule has 0 aliphatic heterocycles. The highest BCUT2D eigenvalue weighted by atomic mass is 19.3. The van der Waals surface area contributed by atoms with Gasteiger partial charge in [0.05, 0.1) is 5.69 Å². The lowest BCUT2D eigenvalue weighted by atomic mass is 10.0. The molecule has 0 unspecified atom stereocenters. The molecule has 0 fully saturated rings. The first-order valence-electron chi connectivity index (χ1n) is 6.39. The number of aryl methyl sites for hydroxylation is 2. The fraction of sp³-hybridized carbons (Fsp3) is 0.357. The van der Waals surface area contributed by atoms with E-state index in [1.165, 1.54) is 12.1 Å². The van der Waals surface area contributed by atoms with Crippen LogP contribution in [0.1, 0.15) is 19.0 Å². The van der Waals surface area contributed by atoms with Gasteiger partial charge in [-0.05, 0) is 24.1 Å². The van der Waals surface area contributed by atoms with Gasteiger partial charge in [0.1, 0.15) is 11.6 Å². The minimum Gasteiger partial charge on any atom is -0.435 e. The van der Waals surface area contributed by atoms with E-state index >= 15 is 0 Å². The van der Waals surface area contributed by atoms with Crippen molar-refractivity contribution in [1.29, 1.82) is 0 Å². The molecule has 0 saturated carbocycles. The normalized spacial score (nSPS) is 11.1. The Kier molecular flexibility index (Phi) is 4.22. The number of hydrogen-bond acceptors (Lipinski definition) is 3. The standard InChI is InChI=1S/C14H17F2N3O/c1-3-4-11-12(13(17)19(2)18-11)9-5-7-10(8-6-9)20-14(15)16/h5-8,14H,3-4,17H2,1-2H3. The molecule has 0 atom stereocenters. The third-order valence-corrected chi connectivity index (χ3v) is 3.02. The van der Waals surface area contributed by atoms with Crippen LogP contribution in [0.15, 0.2) is 24.3 Å². The number of ether oxygens (including phenoxy) is 1. The molecule has 0 aliphatic rings. The average Bonchev–Trinajstić information content (AvgIpc) is 2.66. The predicted octanol–water partition coefficient (Wildman–Crippen LogP) is 3.22. The first kappa shape index (κ1) is 14.3. The molecule has 0 amide bonds. The number of rotatable bonds is 5. The zero-order chi connectivity index (χ0) is 14.7. The molecule has 1 aromatic carbocycles. The second-order valence-electron chi connectivity index (χ2n) is 4.48. The monoisotopic (exact) mass is 281 g/mol. The summed E-state index contributed by atoms with van der Waals surface area (Å²) in [6.07, 6.45) is 1.77. The number of benzene rings is 1. The molecule has 4 nitrogen and oxygen atoms in total. The van der Waals surface area contributed by atoms with Crippen molar-refractivity contribution in [2.24, 2.45) is 7.05 Å². The van der Waals surface area contributed by atoms with Crippen molar-refractivity contribution in [3.63, 3.8) is 0 Å². The van der Waals surface area contributed by atoms with Crippen LogP contribution in [0.4, 0.5) is 14.6 Å². The van der Waals surface area contributed by atoms with Crippen molar-refractivity contribution in [2.45, 2.75) is 26.4 Å². The Labute approximate surface area is 116 Å². The van der Waals surface area contributed by atoms with Crippen LogP contribution in [0.3, 0.4) is 0 Å². The summed E-state index contributed by atoms with van der Waals surface area (Å²) in [7, 11) is 1.78. The maximum absolute atomic E-state index is 12.1. The Hall–Kier alpha value is -2.11. The van der Waals surface area contributed by atoms with E-state index in [1.807, 2.05) is 0 Å². The van der Waals surface area contributed by atoms with E-state index in [0.29, 0.717) is 5.82 Å². The van der Waals surface area contributed by atoms with Crippen molar-refractivity contribution >= 4 is 5.82 Å². The number of nitrogen functional groups attached to an aromatic ring is 1. The van der Waals surface area contributed by atoms with Crippen molar-refractivity contribution in [3.05, 3.63) is 30.0 Å². The number of anilines is 1. The molecule has 1 aromatic heterocycles. The third-order valence-electron chi connectivity index (χ3n) is 3.02. The molecule has 108 valence electrons. The summed E-state index contributed by atoms with van der Waals surface area (Å²) in [4.78, 5) is 0. The number of aromatic nitrogens is 2. The van der Waals surface area contributed by atoms with Gasteiger partial charge in [0.2, 0.25) is 0 Å². The number of alkyl halides is 2. The van der Waals surface area contributed by atoms with Crippen LogP contribution in [0.2, 0.25) is 0 Å². The number of hydrogen-bond donors (Lipinski definition) is 1. The fourth-order valence-electron chi connectivity index (χ4n) is 2.12. The molecule has 2 rings (SSSR count). The maximum Gasteiger partial charge on any atom is 0.387 e. The highest BCUT2D eigenvalue weighted by Crippen LogP contribution is 2.31. The van der Waals surface area contributed by atoms with Crippen LogP contribution < -0.4 is 10.5 Å². The second-order valence-corrected chi connectivity index (χ2v) is 4.48. The van der Waals surface area contributed by atoms with Gasteiger partial charge in [-0.25, -0.2) is 0 Å². The van der Waals surface area contributed by atoms with Crippen LogP contribution >= 0.6 is 0 Å². The highest BCUT2D eigenvalue weighted by Gasteiger charge is 2.15. The van der Waals surface area contributed by atoms with E-state index in [2.05, 4.69) is 16.8 Å². The average molecular weight is 281 g/mol. The SMILES string of the molecule is CCCc1nn(C)c(N)c1-c1ccc(OC(F)F)cc1. The van der Waals surface area contributed by atoms with Crippen LogP contribution in [0.25, 0.3) is 11.1 Å². The molecule has 2 aromatic rings. The molecule has 0 spiro atoms. The van der Waals surface area contributed by atoms with Crippen LogP contribution in [0, 0.1) is 0 Å². The summed E-state index contributed by atoms with van der Waals surface area (Å²) in [6, 6.07) is 6.43. The lowest BCUT2D eigenvalue weighted by Crippen LogP contribution is -2.01. The van der Waals surface area contributed by atoms with Gasteiger partial charge in [-0.15, -0.1) is 0 Å². The Bertz CT molecular complexity index is 579. The van der Waals surface area contributed by atoms with Crippen LogP contribution in [-0.2, 0) is 13.5 Å². The molecule has 0 bridgehead atoms. The Morgan fingerprint density at radius 2 is 1.95 bits per heavy atom. The Balaban J connectivity index is 2.36. The van der Waals surface area contributed by atoms with E-state index in [0.717, 1.165) is 29.7 Å². The van der Waals surface area contributed by atoms with E-state index < -0.39 is 6.61 Å². The van der Waals surface area contributed by atoms with Crippen molar-refractivity contribution in [2.75, 3.05) is 5.73 Å². The van der Waals surface area contributed by atoms with Crippen LogP contribution in [0.5, 0.6) is 5.75 Å². The van der Waals surface area contributed by atoms with Gasteiger partial charge in [0.15, 0.2) is 0 Å². The van der Waals surface area contributed by atoms with E-state index in [4.69, 9.17) is 5.73 Å². The topological polar surface area (TPSA) is 53.1 Å². The fourth-order valence-corrected chi connectivity index (χ4v) is 2.12. The molecular weight excluding hydrogens is 264 g/mol. The molecule has 20 heavy (non-hydrogen) atoms. The molecular formula is C14H17F2N3O. The number of nitrogens with two attached hydrogens (primary N) is 1. The van der Waals surface area contributed by atoms with Gasteiger partial charge in [0, 0.05) is 12.6 Å². The predicted molar refractivity (Wildman–Crippen MR) is 73.7 cm³/mol. The maximum atomic E-state index is 12.1. The molecule has 0 saturated heterocycles. The Morgan fingerprint density at radius 3 is 2.50 bits per heavy atom. The quantitative estimate of drug-likeness (QED) is 0.915. The van der Waals surface area contributed by atoms with Crippen molar-refractivity contribution < 1.29 is 13.5 Å². The molecule has 2 N–H and O–H groups in total. The van der Waals surface area contributed by atoms with Crippen molar-refractivity contribution in [3.8, 4) is 16.9 Å². The summed E-state index contributed by atoms with van der Waals surface area (Å²) in [5.41, 5.74) is 8.65.